The van der Waals surface area contributed by atoms with Gasteiger partial charge in [-0.1, -0.05) is 52.0 Å². The smallest absolute Gasteiger partial charge is 0.248 e. The predicted octanol–water partition coefficient (Wildman–Crippen LogP) is 2.91. The van der Waals surface area contributed by atoms with Crippen molar-refractivity contribution in [1.29, 1.82) is 0 Å². The summed E-state index contributed by atoms with van der Waals surface area (Å²) < 4.78 is 0. The van der Waals surface area contributed by atoms with Crippen molar-refractivity contribution in [1.82, 2.24) is 10.6 Å². The fraction of sp³-hybridized carbons (Fsp3) is 0.636. The summed E-state index contributed by atoms with van der Waals surface area (Å²) in [7, 11) is 0. The first-order valence-electron chi connectivity index (χ1n) is 10.4. The Kier molecular flexibility index (Phi) is 6.53. The molecule has 1 fully saturated rings. The van der Waals surface area contributed by atoms with Gasteiger partial charge in [0.1, 0.15) is 0 Å². The number of amides is 2. The van der Waals surface area contributed by atoms with Gasteiger partial charge in [0.05, 0.1) is 6.04 Å². The minimum absolute atomic E-state index is 0.0918. The molecular weight excluding hydrogens is 338 g/mol. The zero-order chi connectivity index (χ0) is 19.4. The van der Waals surface area contributed by atoms with Crippen LogP contribution in [0.5, 0.6) is 0 Å². The second-order valence-electron chi connectivity index (χ2n) is 8.58. The molecule has 1 aromatic rings. The Labute approximate surface area is 162 Å². The monoisotopic (exact) mass is 371 g/mol. The summed E-state index contributed by atoms with van der Waals surface area (Å²) in [5.74, 6) is 0.859. The Morgan fingerprint density at radius 2 is 1.93 bits per heavy atom. The molecule has 4 N–H and O–H groups in total. The Morgan fingerprint density at radius 1 is 1.19 bits per heavy atom. The molecule has 1 aliphatic heterocycles. The SMILES string of the molecule is CC(C)[C@@H](CC1CCCCC1)NC(=O)C1Cc2ccc(C(N)=O)cc2CN1. The van der Waals surface area contributed by atoms with Gasteiger partial charge in [0.25, 0.3) is 0 Å². The van der Waals surface area contributed by atoms with Crippen LogP contribution in [0.1, 0.15) is 73.9 Å². The normalized spacial score (nSPS) is 21.5. The average molecular weight is 372 g/mol. The summed E-state index contributed by atoms with van der Waals surface area (Å²) in [5.41, 5.74) is 8.05. The Bertz CT molecular complexity index is 680. The predicted molar refractivity (Wildman–Crippen MR) is 107 cm³/mol. The van der Waals surface area contributed by atoms with Crippen molar-refractivity contribution < 1.29 is 9.59 Å². The van der Waals surface area contributed by atoms with Crippen LogP contribution in [-0.2, 0) is 17.8 Å². The third-order valence-corrected chi connectivity index (χ3v) is 6.21. The number of carbonyl (C=O) groups excluding carboxylic acids is 2. The summed E-state index contributed by atoms with van der Waals surface area (Å²) in [6.45, 7) is 4.98. The number of nitrogens with one attached hydrogen (secondary N) is 2. The highest BCUT2D eigenvalue weighted by Gasteiger charge is 2.28. The van der Waals surface area contributed by atoms with E-state index >= 15 is 0 Å². The highest BCUT2D eigenvalue weighted by molar-refractivity contribution is 5.93. The molecular formula is C22H33N3O2. The lowest BCUT2D eigenvalue weighted by molar-refractivity contribution is -0.124. The van der Waals surface area contributed by atoms with Crippen LogP contribution < -0.4 is 16.4 Å². The topological polar surface area (TPSA) is 84.2 Å². The van der Waals surface area contributed by atoms with E-state index < -0.39 is 5.91 Å². The maximum absolute atomic E-state index is 12.9. The number of hydrogen-bond acceptors (Lipinski definition) is 3. The first kappa shape index (κ1) is 19.9. The fourth-order valence-corrected chi connectivity index (χ4v) is 4.42. The number of hydrogen-bond donors (Lipinski definition) is 3. The Hall–Kier alpha value is -1.88. The molecule has 5 heteroatoms. The van der Waals surface area contributed by atoms with E-state index in [-0.39, 0.29) is 18.0 Å². The van der Waals surface area contributed by atoms with Crippen LogP contribution in [0.3, 0.4) is 0 Å². The molecule has 0 aromatic heterocycles. The van der Waals surface area contributed by atoms with Crippen molar-refractivity contribution in [2.75, 3.05) is 0 Å². The lowest BCUT2D eigenvalue weighted by Crippen LogP contribution is -2.52. The van der Waals surface area contributed by atoms with Crippen LogP contribution in [0.4, 0.5) is 0 Å². The van der Waals surface area contributed by atoms with Crippen molar-refractivity contribution in [3.05, 3.63) is 34.9 Å². The molecule has 148 valence electrons. The third-order valence-electron chi connectivity index (χ3n) is 6.21. The van der Waals surface area contributed by atoms with E-state index in [2.05, 4.69) is 24.5 Å². The standard InChI is InChI=1S/C22H33N3O2/c1-14(2)19(10-15-6-4-3-5-7-15)25-22(27)20-12-16-8-9-17(21(23)26)11-18(16)13-24-20/h8-9,11,14-15,19-20,24H,3-7,10,12-13H2,1-2H3,(H2,23,26)(H,25,27)/t19-,20?/m1/s1. The molecule has 27 heavy (non-hydrogen) atoms. The molecule has 0 radical (unpaired) electrons. The van der Waals surface area contributed by atoms with Gasteiger partial charge in [-0.2, -0.15) is 0 Å². The van der Waals surface area contributed by atoms with E-state index in [0.717, 1.165) is 23.5 Å². The molecule has 1 heterocycles. The molecule has 2 amide bonds. The van der Waals surface area contributed by atoms with Crippen molar-refractivity contribution in [3.63, 3.8) is 0 Å². The van der Waals surface area contributed by atoms with Crippen LogP contribution in [-0.4, -0.2) is 23.9 Å². The summed E-state index contributed by atoms with van der Waals surface area (Å²) in [6.07, 6.45) is 8.36. The number of benzene rings is 1. The second kappa shape index (κ2) is 8.87. The van der Waals surface area contributed by atoms with E-state index in [1.807, 2.05) is 12.1 Å². The van der Waals surface area contributed by atoms with E-state index in [1.165, 1.54) is 32.1 Å². The summed E-state index contributed by atoms with van der Waals surface area (Å²) in [6, 6.07) is 5.53. The largest absolute Gasteiger partial charge is 0.366 e. The number of fused-ring (bicyclic) bond motifs is 1. The van der Waals surface area contributed by atoms with Crippen molar-refractivity contribution >= 4 is 11.8 Å². The summed E-state index contributed by atoms with van der Waals surface area (Å²) >= 11 is 0. The fourth-order valence-electron chi connectivity index (χ4n) is 4.42. The van der Waals surface area contributed by atoms with Gasteiger partial charge in [0.2, 0.25) is 11.8 Å². The molecule has 2 aliphatic rings. The third kappa shape index (κ3) is 5.10. The molecule has 1 saturated carbocycles. The molecule has 0 bridgehead atoms. The van der Waals surface area contributed by atoms with Crippen LogP contribution in [0.15, 0.2) is 18.2 Å². The molecule has 1 unspecified atom stereocenters. The first-order valence-corrected chi connectivity index (χ1v) is 10.4. The van der Waals surface area contributed by atoms with E-state index in [4.69, 9.17) is 5.73 Å². The van der Waals surface area contributed by atoms with Gasteiger partial charge in [-0.15, -0.1) is 0 Å². The van der Waals surface area contributed by atoms with Crippen LogP contribution in [0.2, 0.25) is 0 Å². The van der Waals surface area contributed by atoms with Gasteiger partial charge in [0, 0.05) is 18.2 Å². The van der Waals surface area contributed by atoms with E-state index in [0.29, 0.717) is 24.4 Å². The van der Waals surface area contributed by atoms with Crippen molar-refractivity contribution in [3.8, 4) is 0 Å². The molecule has 1 aromatic carbocycles. The molecule has 0 spiro atoms. The Morgan fingerprint density at radius 3 is 2.59 bits per heavy atom. The number of rotatable bonds is 6. The van der Waals surface area contributed by atoms with Gasteiger partial charge in [0.15, 0.2) is 0 Å². The van der Waals surface area contributed by atoms with Gasteiger partial charge >= 0.3 is 0 Å². The number of carbonyl (C=O) groups is 2. The number of primary amides is 1. The lowest BCUT2D eigenvalue weighted by Gasteiger charge is -2.32. The van der Waals surface area contributed by atoms with E-state index in [1.54, 1.807) is 6.07 Å². The van der Waals surface area contributed by atoms with Crippen molar-refractivity contribution in [2.24, 2.45) is 17.6 Å². The molecule has 2 atom stereocenters. The minimum atomic E-state index is -0.417. The van der Waals surface area contributed by atoms with Crippen LogP contribution in [0, 0.1) is 11.8 Å². The zero-order valence-electron chi connectivity index (χ0n) is 16.6. The first-order chi connectivity index (χ1) is 12.9. The highest BCUT2D eigenvalue weighted by Crippen LogP contribution is 2.29. The maximum Gasteiger partial charge on any atom is 0.248 e. The lowest BCUT2D eigenvalue weighted by atomic mass is 9.82. The minimum Gasteiger partial charge on any atom is -0.366 e. The zero-order valence-corrected chi connectivity index (χ0v) is 16.6. The molecule has 5 nitrogen and oxygen atoms in total. The van der Waals surface area contributed by atoms with Crippen LogP contribution in [0.25, 0.3) is 0 Å². The molecule has 3 rings (SSSR count). The van der Waals surface area contributed by atoms with Gasteiger partial charge in [-0.05, 0) is 47.9 Å². The summed E-state index contributed by atoms with van der Waals surface area (Å²) in [4.78, 5) is 24.2. The average Bonchev–Trinajstić information content (AvgIpc) is 2.67. The summed E-state index contributed by atoms with van der Waals surface area (Å²) in [5, 5.41) is 6.64. The molecule has 1 aliphatic carbocycles. The second-order valence-corrected chi connectivity index (χ2v) is 8.58. The van der Waals surface area contributed by atoms with Crippen LogP contribution >= 0.6 is 0 Å². The Balaban J connectivity index is 1.60. The van der Waals surface area contributed by atoms with Gasteiger partial charge in [-0.25, -0.2) is 0 Å². The number of nitrogens with two attached hydrogens (primary N) is 1. The quantitative estimate of drug-likeness (QED) is 0.719. The van der Waals surface area contributed by atoms with E-state index in [9.17, 15) is 9.59 Å². The van der Waals surface area contributed by atoms with Gasteiger partial charge < -0.3 is 16.4 Å². The van der Waals surface area contributed by atoms with Crippen molar-refractivity contribution in [2.45, 2.75) is 77.4 Å². The molecule has 0 saturated heterocycles. The maximum atomic E-state index is 12.9. The highest BCUT2D eigenvalue weighted by atomic mass is 16.2. The van der Waals surface area contributed by atoms with Gasteiger partial charge in [-0.3, -0.25) is 9.59 Å².